The van der Waals surface area contributed by atoms with Gasteiger partial charge in [0.2, 0.25) is 0 Å². The van der Waals surface area contributed by atoms with Gasteiger partial charge in [0.25, 0.3) is 0 Å². The summed E-state index contributed by atoms with van der Waals surface area (Å²) in [6.45, 7) is 3.66. The SMILES string of the molecule is CC(C)Oc1cc(Oc2ccccc2I)c(N)cc1F. The number of nitrogen functional groups attached to an aromatic ring is 1. The van der Waals surface area contributed by atoms with Crippen LogP contribution in [0.4, 0.5) is 10.1 Å². The van der Waals surface area contributed by atoms with Crippen LogP contribution in [0.3, 0.4) is 0 Å². The third-order valence-corrected chi connectivity index (χ3v) is 3.37. The molecule has 0 aromatic heterocycles. The van der Waals surface area contributed by atoms with Gasteiger partial charge in [0.15, 0.2) is 17.3 Å². The molecule has 0 saturated heterocycles. The van der Waals surface area contributed by atoms with E-state index in [1.54, 1.807) is 0 Å². The summed E-state index contributed by atoms with van der Waals surface area (Å²) in [5.41, 5.74) is 6.03. The first-order valence-electron chi connectivity index (χ1n) is 6.15. The fourth-order valence-electron chi connectivity index (χ4n) is 1.63. The van der Waals surface area contributed by atoms with Crippen LogP contribution in [-0.4, -0.2) is 6.10 Å². The maximum atomic E-state index is 13.7. The molecule has 2 aromatic carbocycles. The minimum Gasteiger partial charge on any atom is -0.488 e. The van der Waals surface area contributed by atoms with Crippen molar-refractivity contribution in [2.45, 2.75) is 20.0 Å². The summed E-state index contributed by atoms with van der Waals surface area (Å²) in [6, 6.07) is 10.2. The minimum absolute atomic E-state index is 0.127. The Morgan fingerprint density at radius 3 is 2.45 bits per heavy atom. The molecule has 3 nitrogen and oxygen atoms in total. The highest BCUT2D eigenvalue weighted by Crippen LogP contribution is 2.35. The van der Waals surface area contributed by atoms with Crippen molar-refractivity contribution in [3.05, 3.63) is 45.8 Å². The fraction of sp³-hybridized carbons (Fsp3) is 0.200. The molecule has 2 rings (SSSR count). The third-order valence-electron chi connectivity index (χ3n) is 2.48. The van der Waals surface area contributed by atoms with Gasteiger partial charge in [-0.25, -0.2) is 4.39 Å². The van der Waals surface area contributed by atoms with Gasteiger partial charge in [-0.15, -0.1) is 0 Å². The smallest absolute Gasteiger partial charge is 0.167 e. The van der Waals surface area contributed by atoms with Gasteiger partial charge < -0.3 is 15.2 Å². The molecular formula is C15H15FINO2. The van der Waals surface area contributed by atoms with Crippen molar-refractivity contribution in [1.82, 2.24) is 0 Å². The Morgan fingerprint density at radius 1 is 1.10 bits per heavy atom. The molecule has 2 aromatic rings. The van der Waals surface area contributed by atoms with Crippen LogP contribution in [0.2, 0.25) is 0 Å². The number of para-hydroxylation sites is 1. The molecule has 0 unspecified atom stereocenters. The molecule has 0 spiro atoms. The van der Waals surface area contributed by atoms with Crippen LogP contribution in [0, 0.1) is 9.39 Å². The molecule has 0 radical (unpaired) electrons. The zero-order valence-corrected chi connectivity index (χ0v) is 13.3. The Morgan fingerprint density at radius 2 is 1.80 bits per heavy atom. The molecular weight excluding hydrogens is 372 g/mol. The minimum atomic E-state index is -0.494. The maximum Gasteiger partial charge on any atom is 0.167 e. The maximum absolute atomic E-state index is 13.7. The highest BCUT2D eigenvalue weighted by atomic mass is 127. The van der Waals surface area contributed by atoms with Crippen LogP contribution >= 0.6 is 22.6 Å². The highest BCUT2D eigenvalue weighted by Gasteiger charge is 2.13. The van der Waals surface area contributed by atoms with Gasteiger partial charge in [-0.3, -0.25) is 0 Å². The number of nitrogens with two attached hydrogens (primary N) is 1. The van der Waals surface area contributed by atoms with Crippen LogP contribution in [0.1, 0.15) is 13.8 Å². The molecule has 20 heavy (non-hydrogen) atoms. The second kappa shape index (κ2) is 6.30. The fourth-order valence-corrected chi connectivity index (χ4v) is 2.13. The molecule has 0 aliphatic heterocycles. The normalized spacial score (nSPS) is 10.7. The third kappa shape index (κ3) is 3.53. The van der Waals surface area contributed by atoms with E-state index in [0.717, 1.165) is 3.57 Å². The molecule has 0 bridgehead atoms. The summed E-state index contributed by atoms with van der Waals surface area (Å²) in [4.78, 5) is 0. The second-order valence-corrected chi connectivity index (χ2v) is 5.68. The predicted molar refractivity (Wildman–Crippen MR) is 85.8 cm³/mol. The van der Waals surface area contributed by atoms with Gasteiger partial charge >= 0.3 is 0 Å². The number of ether oxygens (including phenoxy) is 2. The number of anilines is 1. The summed E-state index contributed by atoms with van der Waals surface area (Å²) >= 11 is 2.16. The van der Waals surface area contributed by atoms with Crippen LogP contribution in [0.25, 0.3) is 0 Å². The summed E-state index contributed by atoms with van der Waals surface area (Å²) in [5, 5.41) is 0. The molecule has 0 atom stereocenters. The first-order chi connectivity index (χ1) is 9.47. The van der Waals surface area contributed by atoms with Gasteiger partial charge in [0.1, 0.15) is 5.75 Å². The van der Waals surface area contributed by atoms with Crippen molar-refractivity contribution >= 4 is 28.3 Å². The molecule has 0 amide bonds. The Kier molecular flexibility index (Phi) is 4.69. The van der Waals surface area contributed by atoms with Gasteiger partial charge in [0, 0.05) is 12.1 Å². The van der Waals surface area contributed by atoms with E-state index in [4.69, 9.17) is 15.2 Å². The van der Waals surface area contributed by atoms with E-state index in [2.05, 4.69) is 22.6 Å². The van der Waals surface area contributed by atoms with Crippen molar-refractivity contribution in [3.63, 3.8) is 0 Å². The van der Waals surface area contributed by atoms with Gasteiger partial charge in [0.05, 0.1) is 15.4 Å². The van der Waals surface area contributed by atoms with E-state index in [9.17, 15) is 4.39 Å². The molecule has 0 heterocycles. The lowest BCUT2D eigenvalue weighted by Gasteiger charge is -2.15. The van der Waals surface area contributed by atoms with Crippen LogP contribution < -0.4 is 15.2 Å². The van der Waals surface area contributed by atoms with Gasteiger partial charge in [-0.2, -0.15) is 0 Å². The van der Waals surface area contributed by atoms with Crippen molar-refractivity contribution in [3.8, 4) is 17.2 Å². The summed E-state index contributed by atoms with van der Waals surface area (Å²) in [6.07, 6.45) is -0.127. The molecule has 5 heteroatoms. The Labute approximate surface area is 131 Å². The largest absolute Gasteiger partial charge is 0.488 e. The van der Waals surface area contributed by atoms with Gasteiger partial charge in [-0.05, 0) is 48.6 Å². The number of halogens is 2. The first kappa shape index (κ1) is 14.9. The number of hydrogen-bond acceptors (Lipinski definition) is 3. The molecule has 0 fully saturated rings. The van der Waals surface area contributed by atoms with Crippen molar-refractivity contribution < 1.29 is 13.9 Å². The first-order valence-corrected chi connectivity index (χ1v) is 7.23. The lowest BCUT2D eigenvalue weighted by molar-refractivity contribution is 0.230. The molecule has 0 saturated carbocycles. The quantitative estimate of drug-likeness (QED) is 0.617. The summed E-state index contributed by atoms with van der Waals surface area (Å²) in [5.74, 6) is 0.689. The monoisotopic (exact) mass is 387 g/mol. The number of benzene rings is 2. The Balaban J connectivity index is 2.34. The topological polar surface area (TPSA) is 44.5 Å². The van der Waals surface area contributed by atoms with E-state index in [1.807, 2.05) is 38.1 Å². The molecule has 0 aliphatic rings. The van der Waals surface area contributed by atoms with Crippen molar-refractivity contribution in [1.29, 1.82) is 0 Å². The van der Waals surface area contributed by atoms with E-state index >= 15 is 0 Å². The zero-order valence-electron chi connectivity index (χ0n) is 11.2. The van der Waals surface area contributed by atoms with Crippen LogP contribution in [-0.2, 0) is 0 Å². The van der Waals surface area contributed by atoms with Crippen molar-refractivity contribution in [2.75, 3.05) is 5.73 Å². The second-order valence-electron chi connectivity index (χ2n) is 4.52. The lowest BCUT2D eigenvalue weighted by atomic mass is 10.2. The molecule has 0 aliphatic carbocycles. The average Bonchev–Trinajstić information content (AvgIpc) is 2.37. The van der Waals surface area contributed by atoms with E-state index in [0.29, 0.717) is 11.5 Å². The zero-order chi connectivity index (χ0) is 14.7. The predicted octanol–water partition coefficient (Wildman–Crippen LogP) is 4.59. The van der Waals surface area contributed by atoms with Crippen molar-refractivity contribution in [2.24, 2.45) is 0 Å². The lowest BCUT2D eigenvalue weighted by Crippen LogP contribution is -2.07. The Bertz CT molecular complexity index is 617. The summed E-state index contributed by atoms with van der Waals surface area (Å²) in [7, 11) is 0. The van der Waals surface area contributed by atoms with Crippen LogP contribution in [0.5, 0.6) is 17.2 Å². The summed E-state index contributed by atoms with van der Waals surface area (Å²) < 4.78 is 25.8. The van der Waals surface area contributed by atoms with E-state index in [-0.39, 0.29) is 17.5 Å². The molecule has 106 valence electrons. The van der Waals surface area contributed by atoms with Crippen LogP contribution in [0.15, 0.2) is 36.4 Å². The number of hydrogen-bond donors (Lipinski definition) is 1. The Hall–Kier alpha value is -1.50. The van der Waals surface area contributed by atoms with E-state index < -0.39 is 5.82 Å². The standard InChI is InChI=1S/C15H15FINO2/c1-9(2)19-14-8-15(12(18)7-10(14)16)20-13-6-4-3-5-11(13)17/h3-9H,18H2,1-2H3. The highest BCUT2D eigenvalue weighted by molar-refractivity contribution is 14.1. The molecule has 2 N–H and O–H groups in total. The van der Waals surface area contributed by atoms with E-state index in [1.165, 1.54) is 12.1 Å². The van der Waals surface area contributed by atoms with Gasteiger partial charge in [-0.1, -0.05) is 12.1 Å². The number of rotatable bonds is 4. The average molecular weight is 387 g/mol.